The Kier molecular flexibility index (Phi) is 5.55. The van der Waals surface area contributed by atoms with E-state index in [0.717, 1.165) is 0 Å². The Bertz CT molecular complexity index is 409. The van der Waals surface area contributed by atoms with Crippen LogP contribution in [0.5, 0.6) is 0 Å². The molecule has 1 aromatic carbocycles. The summed E-state index contributed by atoms with van der Waals surface area (Å²) in [5, 5.41) is 9.06. The second-order valence-electron chi connectivity index (χ2n) is 5.78. The highest BCUT2D eigenvalue weighted by atomic mass is 16.4. The third-order valence-electron chi connectivity index (χ3n) is 3.61. The van der Waals surface area contributed by atoms with Gasteiger partial charge in [0, 0.05) is 6.04 Å². The van der Waals surface area contributed by atoms with Crippen LogP contribution < -0.4 is 0 Å². The molecule has 2 atom stereocenters. The topological polar surface area (TPSA) is 40.5 Å². The molecule has 1 rings (SSSR count). The maximum Gasteiger partial charge on any atom is 0.306 e. The van der Waals surface area contributed by atoms with Gasteiger partial charge in [0.05, 0.1) is 5.92 Å². The third kappa shape index (κ3) is 4.35. The van der Waals surface area contributed by atoms with E-state index >= 15 is 0 Å². The van der Waals surface area contributed by atoms with Gasteiger partial charge in [0.1, 0.15) is 0 Å². The van der Waals surface area contributed by atoms with Crippen molar-refractivity contribution < 1.29 is 9.90 Å². The Morgan fingerprint density at radius 1 is 1.11 bits per heavy atom. The molecule has 0 aliphatic heterocycles. The molecular weight excluding hydrogens is 238 g/mol. The van der Waals surface area contributed by atoms with Crippen LogP contribution in [0.2, 0.25) is 0 Å². The van der Waals surface area contributed by atoms with E-state index in [-0.39, 0.29) is 12.0 Å². The summed E-state index contributed by atoms with van der Waals surface area (Å²) < 4.78 is 0. The summed E-state index contributed by atoms with van der Waals surface area (Å²) in [6.07, 6.45) is 0.628. The number of carboxylic acid groups (broad SMARTS) is 1. The van der Waals surface area contributed by atoms with Gasteiger partial charge < -0.3 is 10.0 Å². The molecule has 0 fully saturated rings. The van der Waals surface area contributed by atoms with Gasteiger partial charge in [-0.3, -0.25) is 4.79 Å². The molecule has 3 nitrogen and oxygen atoms in total. The zero-order chi connectivity index (χ0) is 14.6. The van der Waals surface area contributed by atoms with Crippen molar-refractivity contribution in [1.82, 2.24) is 4.90 Å². The molecule has 0 heterocycles. The second kappa shape index (κ2) is 6.71. The fourth-order valence-corrected chi connectivity index (χ4v) is 2.18. The van der Waals surface area contributed by atoms with Gasteiger partial charge in [-0.2, -0.15) is 0 Å². The number of nitrogens with zero attached hydrogens (tertiary/aromatic N) is 1. The molecule has 3 heteroatoms. The highest BCUT2D eigenvalue weighted by Crippen LogP contribution is 2.27. The van der Waals surface area contributed by atoms with Crippen LogP contribution in [0.15, 0.2) is 24.3 Å². The summed E-state index contributed by atoms with van der Waals surface area (Å²) in [5.74, 6) is -0.548. The molecule has 0 saturated carbocycles. The van der Waals surface area contributed by atoms with Crippen LogP contribution >= 0.6 is 0 Å². The normalized spacial score (nSPS) is 14.7. The van der Waals surface area contributed by atoms with Crippen LogP contribution in [0.4, 0.5) is 0 Å². The number of hydrogen-bond acceptors (Lipinski definition) is 2. The van der Waals surface area contributed by atoms with E-state index < -0.39 is 5.97 Å². The summed E-state index contributed by atoms with van der Waals surface area (Å²) in [7, 11) is 3.99. The first kappa shape index (κ1) is 15.7. The van der Waals surface area contributed by atoms with Gasteiger partial charge in [0.15, 0.2) is 0 Å². The molecule has 0 spiro atoms. The van der Waals surface area contributed by atoms with Gasteiger partial charge in [0.25, 0.3) is 0 Å². The van der Waals surface area contributed by atoms with Gasteiger partial charge in [-0.25, -0.2) is 0 Å². The number of carbonyl (C=O) groups is 1. The molecule has 0 aromatic heterocycles. The molecule has 1 aromatic rings. The van der Waals surface area contributed by atoms with E-state index in [0.29, 0.717) is 12.3 Å². The first-order valence-electron chi connectivity index (χ1n) is 6.82. The zero-order valence-corrected chi connectivity index (χ0v) is 12.6. The van der Waals surface area contributed by atoms with Crippen molar-refractivity contribution in [3.8, 4) is 0 Å². The lowest BCUT2D eigenvalue weighted by Crippen LogP contribution is -2.24. The second-order valence-corrected chi connectivity index (χ2v) is 5.78. The minimum absolute atomic E-state index is 0.146. The number of carboxylic acids is 1. The first-order chi connectivity index (χ1) is 8.82. The van der Waals surface area contributed by atoms with Crippen molar-refractivity contribution in [2.75, 3.05) is 14.1 Å². The van der Waals surface area contributed by atoms with Gasteiger partial charge in [-0.15, -0.1) is 0 Å². The van der Waals surface area contributed by atoms with E-state index in [1.54, 1.807) is 6.92 Å². The van der Waals surface area contributed by atoms with Crippen molar-refractivity contribution in [2.45, 2.75) is 39.2 Å². The number of rotatable bonds is 6. The molecule has 0 amide bonds. The molecule has 0 aliphatic carbocycles. The standard InChI is InChI=1S/C16H25NO2/c1-11(2)13-6-8-14(9-7-13)15(17(4)5)10-12(3)16(18)19/h6-9,11-12,15H,10H2,1-5H3,(H,18,19). The lowest BCUT2D eigenvalue weighted by molar-refractivity contribution is -0.141. The van der Waals surface area contributed by atoms with Crippen molar-refractivity contribution in [2.24, 2.45) is 5.92 Å². The molecule has 0 saturated heterocycles. The summed E-state index contributed by atoms with van der Waals surface area (Å²) in [5.41, 5.74) is 2.50. The van der Waals surface area contributed by atoms with Crippen LogP contribution in [0, 0.1) is 5.92 Å². The van der Waals surface area contributed by atoms with Crippen molar-refractivity contribution in [1.29, 1.82) is 0 Å². The van der Waals surface area contributed by atoms with Crippen LogP contribution in [0.3, 0.4) is 0 Å². The Morgan fingerprint density at radius 3 is 1.95 bits per heavy atom. The van der Waals surface area contributed by atoms with Crippen LogP contribution in [-0.2, 0) is 4.79 Å². The van der Waals surface area contributed by atoms with Crippen LogP contribution in [0.25, 0.3) is 0 Å². The Labute approximate surface area is 116 Å². The predicted octanol–water partition coefficient (Wildman–Crippen LogP) is 3.52. The van der Waals surface area contributed by atoms with E-state index in [9.17, 15) is 4.79 Å². The number of benzene rings is 1. The maximum atomic E-state index is 11.0. The highest BCUT2D eigenvalue weighted by molar-refractivity contribution is 5.69. The maximum absolute atomic E-state index is 11.0. The molecule has 19 heavy (non-hydrogen) atoms. The van der Waals surface area contributed by atoms with Gasteiger partial charge in [0.2, 0.25) is 0 Å². The van der Waals surface area contributed by atoms with E-state index in [4.69, 9.17) is 5.11 Å². The quantitative estimate of drug-likeness (QED) is 0.853. The molecule has 2 unspecified atom stereocenters. The third-order valence-corrected chi connectivity index (χ3v) is 3.61. The van der Waals surface area contributed by atoms with E-state index in [1.807, 2.05) is 14.1 Å². The summed E-state index contributed by atoms with van der Waals surface area (Å²) in [6, 6.07) is 8.67. The Balaban J connectivity index is 2.90. The lowest BCUT2D eigenvalue weighted by atomic mass is 9.93. The molecule has 0 radical (unpaired) electrons. The smallest absolute Gasteiger partial charge is 0.306 e. The van der Waals surface area contributed by atoms with Gasteiger partial charge >= 0.3 is 5.97 Å². The lowest BCUT2D eigenvalue weighted by Gasteiger charge is -2.26. The van der Waals surface area contributed by atoms with Crippen molar-refractivity contribution in [3.05, 3.63) is 35.4 Å². The van der Waals surface area contributed by atoms with Crippen LogP contribution in [-0.4, -0.2) is 30.1 Å². The number of hydrogen-bond donors (Lipinski definition) is 1. The Hall–Kier alpha value is -1.35. The van der Waals surface area contributed by atoms with Crippen molar-refractivity contribution >= 4 is 5.97 Å². The average molecular weight is 263 g/mol. The summed E-state index contributed by atoms with van der Waals surface area (Å²) in [4.78, 5) is 13.1. The average Bonchev–Trinajstić information content (AvgIpc) is 2.35. The number of aliphatic carboxylic acids is 1. The fourth-order valence-electron chi connectivity index (χ4n) is 2.18. The van der Waals surface area contributed by atoms with Crippen molar-refractivity contribution in [3.63, 3.8) is 0 Å². The molecular formula is C16H25NO2. The van der Waals surface area contributed by atoms with E-state index in [1.165, 1.54) is 11.1 Å². The van der Waals surface area contributed by atoms with E-state index in [2.05, 4.69) is 43.0 Å². The molecule has 106 valence electrons. The largest absolute Gasteiger partial charge is 0.481 e. The molecule has 0 bridgehead atoms. The predicted molar refractivity (Wildman–Crippen MR) is 78.4 cm³/mol. The summed E-state index contributed by atoms with van der Waals surface area (Å²) >= 11 is 0. The van der Waals surface area contributed by atoms with Crippen LogP contribution in [0.1, 0.15) is 50.3 Å². The molecule has 1 N–H and O–H groups in total. The monoisotopic (exact) mass is 263 g/mol. The zero-order valence-electron chi connectivity index (χ0n) is 12.6. The Morgan fingerprint density at radius 2 is 1.58 bits per heavy atom. The fraction of sp³-hybridized carbons (Fsp3) is 0.562. The molecule has 0 aliphatic rings. The van der Waals surface area contributed by atoms with Gasteiger partial charge in [-0.05, 0) is 37.6 Å². The summed E-state index contributed by atoms with van der Waals surface area (Å²) in [6.45, 7) is 6.11. The minimum Gasteiger partial charge on any atom is -0.481 e. The first-order valence-corrected chi connectivity index (χ1v) is 6.82. The van der Waals surface area contributed by atoms with Gasteiger partial charge in [-0.1, -0.05) is 45.0 Å². The minimum atomic E-state index is -0.731. The highest BCUT2D eigenvalue weighted by Gasteiger charge is 2.21. The SMILES string of the molecule is CC(CC(c1ccc(C(C)C)cc1)N(C)C)C(=O)O.